The largest absolute Gasteiger partial charge is 0.465 e. The average Bonchev–Trinajstić information content (AvgIpc) is 2.87. The van der Waals surface area contributed by atoms with Crippen LogP contribution in [-0.4, -0.2) is 29.2 Å². The van der Waals surface area contributed by atoms with Crippen molar-refractivity contribution in [2.45, 2.75) is 40.0 Å². The van der Waals surface area contributed by atoms with Gasteiger partial charge in [-0.1, -0.05) is 13.0 Å². The maximum absolute atomic E-state index is 12.3. The number of anilines is 1. The third-order valence-corrected chi connectivity index (χ3v) is 4.10. The fraction of sp³-hybridized carbons (Fsp3) is 0.389. The van der Waals surface area contributed by atoms with Crippen LogP contribution in [0.25, 0.3) is 0 Å². The molecule has 1 unspecified atom stereocenters. The minimum atomic E-state index is -0.415. The van der Waals surface area contributed by atoms with Gasteiger partial charge in [0.05, 0.1) is 18.4 Å². The summed E-state index contributed by atoms with van der Waals surface area (Å²) in [6.07, 6.45) is 0.336. The molecule has 1 aromatic carbocycles. The van der Waals surface area contributed by atoms with Crippen molar-refractivity contribution < 1.29 is 14.3 Å². The second-order valence-corrected chi connectivity index (χ2v) is 6.02. The molecule has 6 heteroatoms. The van der Waals surface area contributed by atoms with Crippen LogP contribution in [0.15, 0.2) is 18.2 Å². The number of aromatic nitrogens is 2. The average molecular weight is 329 g/mol. The molecular weight excluding hydrogens is 306 g/mol. The van der Waals surface area contributed by atoms with E-state index in [0.29, 0.717) is 17.7 Å². The van der Waals surface area contributed by atoms with Crippen molar-refractivity contribution in [3.63, 3.8) is 0 Å². The quantitative estimate of drug-likeness (QED) is 0.825. The molecule has 1 aromatic heterocycles. The summed E-state index contributed by atoms with van der Waals surface area (Å²) in [6.45, 7) is 7.70. The van der Waals surface area contributed by atoms with E-state index >= 15 is 0 Å². The highest BCUT2D eigenvalue weighted by molar-refractivity contribution is 5.95. The molecule has 0 aliphatic rings. The van der Waals surface area contributed by atoms with Crippen molar-refractivity contribution >= 4 is 17.6 Å². The van der Waals surface area contributed by atoms with Gasteiger partial charge in [-0.15, -0.1) is 0 Å². The molecule has 2 N–H and O–H groups in total. The fourth-order valence-electron chi connectivity index (χ4n) is 2.91. The second-order valence-electron chi connectivity index (χ2n) is 6.02. The number of amides is 1. The van der Waals surface area contributed by atoms with E-state index in [9.17, 15) is 9.59 Å². The van der Waals surface area contributed by atoms with Gasteiger partial charge >= 0.3 is 5.97 Å². The third kappa shape index (κ3) is 3.82. The number of ether oxygens (including phenoxy) is 1. The summed E-state index contributed by atoms with van der Waals surface area (Å²) in [5, 5.41) is 9.95. The molecule has 2 rings (SSSR count). The number of carbonyl (C=O) groups is 2. The van der Waals surface area contributed by atoms with Crippen LogP contribution in [-0.2, 0) is 9.53 Å². The van der Waals surface area contributed by atoms with E-state index in [4.69, 9.17) is 4.74 Å². The summed E-state index contributed by atoms with van der Waals surface area (Å²) >= 11 is 0. The highest BCUT2D eigenvalue weighted by atomic mass is 16.5. The molecule has 6 nitrogen and oxygen atoms in total. The molecule has 1 atom stereocenters. The van der Waals surface area contributed by atoms with Crippen LogP contribution in [0.1, 0.15) is 52.1 Å². The maximum Gasteiger partial charge on any atom is 0.338 e. The Hall–Kier alpha value is -2.63. The van der Waals surface area contributed by atoms with Crippen molar-refractivity contribution in [3.8, 4) is 0 Å². The fourth-order valence-corrected chi connectivity index (χ4v) is 2.91. The van der Waals surface area contributed by atoms with Crippen molar-refractivity contribution in [1.29, 1.82) is 0 Å². The molecule has 0 saturated heterocycles. The van der Waals surface area contributed by atoms with Crippen molar-refractivity contribution in [1.82, 2.24) is 10.2 Å². The lowest BCUT2D eigenvalue weighted by molar-refractivity contribution is -0.116. The summed E-state index contributed by atoms with van der Waals surface area (Å²) in [5.41, 5.74) is 4.80. The second kappa shape index (κ2) is 7.29. The number of hydrogen-bond donors (Lipinski definition) is 2. The third-order valence-electron chi connectivity index (χ3n) is 4.10. The van der Waals surface area contributed by atoms with Gasteiger partial charge in [-0.3, -0.25) is 9.89 Å². The minimum absolute atomic E-state index is 0.0503. The van der Waals surface area contributed by atoms with Crippen LogP contribution in [0.5, 0.6) is 0 Å². The summed E-state index contributed by atoms with van der Waals surface area (Å²) in [7, 11) is 1.34. The Balaban J connectivity index is 2.09. The molecule has 1 amide bonds. The summed E-state index contributed by atoms with van der Waals surface area (Å²) < 4.78 is 4.75. The Labute approximate surface area is 141 Å². The lowest BCUT2D eigenvalue weighted by atomic mass is 9.95. The zero-order chi connectivity index (χ0) is 17.9. The van der Waals surface area contributed by atoms with E-state index in [-0.39, 0.29) is 11.8 Å². The van der Waals surface area contributed by atoms with Crippen LogP contribution in [0, 0.1) is 20.8 Å². The van der Waals surface area contributed by atoms with E-state index in [0.717, 1.165) is 22.5 Å². The number of carbonyl (C=O) groups excluding carboxylic acids is 2. The number of rotatable bonds is 5. The topological polar surface area (TPSA) is 84.1 Å². The minimum Gasteiger partial charge on any atom is -0.465 e. The summed E-state index contributed by atoms with van der Waals surface area (Å²) in [5.74, 6) is -0.474. The Kier molecular flexibility index (Phi) is 5.39. The van der Waals surface area contributed by atoms with E-state index < -0.39 is 5.97 Å². The summed E-state index contributed by atoms with van der Waals surface area (Å²) in [6, 6.07) is 5.20. The molecule has 0 aliphatic heterocycles. The number of nitrogens with one attached hydrogen (secondary N) is 2. The first-order valence-corrected chi connectivity index (χ1v) is 7.83. The van der Waals surface area contributed by atoms with Crippen molar-refractivity contribution in [3.05, 3.63) is 46.3 Å². The van der Waals surface area contributed by atoms with E-state index in [1.165, 1.54) is 7.11 Å². The van der Waals surface area contributed by atoms with Crippen molar-refractivity contribution in [2.75, 3.05) is 12.4 Å². The smallest absolute Gasteiger partial charge is 0.338 e. The number of nitrogens with zero attached hydrogens (tertiary/aromatic N) is 1. The van der Waals surface area contributed by atoms with Gasteiger partial charge in [-0.25, -0.2) is 4.79 Å². The van der Waals surface area contributed by atoms with Gasteiger partial charge < -0.3 is 10.1 Å². The van der Waals surface area contributed by atoms with E-state index in [1.54, 1.807) is 18.2 Å². The standard InChI is InChI=1S/C18H23N3O3/c1-10-6-7-14(9-15(10)18(23)24-5)19-16(22)8-11(2)17-12(3)20-21-13(17)4/h6-7,9,11H,8H2,1-5H3,(H,19,22)(H,20,21). The molecule has 0 aliphatic carbocycles. The predicted molar refractivity (Wildman–Crippen MR) is 92.2 cm³/mol. The Morgan fingerprint density at radius 2 is 2.00 bits per heavy atom. The predicted octanol–water partition coefficient (Wildman–Crippen LogP) is 3.25. The maximum atomic E-state index is 12.3. The first-order chi connectivity index (χ1) is 11.3. The van der Waals surface area contributed by atoms with Gasteiger partial charge in [-0.2, -0.15) is 5.10 Å². The number of benzene rings is 1. The van der Waals surface area contributed by atoms with Crippen LogP contribution in [0.4, 0.5) is 5.69 Å². The zero-order valence-corrected chi connectivity index (χ0v) is 14.7. The SMILES string of the molecule is COC(=O)c1cc(NC(=O)CC(C)c2c(C)n[nH]c2C)ccc1C. The number of esters is 1. The monoisotopic (exact) mass is 329 g/mol. The van der Waals surface area contributed by atoms with Gasteiger partial charge in [0.25, 0.3) is 0 Å². The molecule has 0 bridgehead atoms. The van der Waals surface area contributed by atoms with Crippen LogP contribution >= 0.6 is 0 Å². The highest BCUT2D eigenvalue weighted by Crippen LogP contribution is 2.25. The molecule has 2 aromatic rings. The zero-order valence-electron chi connectivity index (χ0n) is 14.7. The Morgan fingerprint density at radius 1 is 1.29 bits per heavy atom. The molecule has 0 saturated carbocycles. The van der Waals surface area contributed by atoms with Gasteiger partial charge in [0, 0.05) is 17.8 Å². The van der Waals surface area contributed by atoms with Gasteiger partial charge in [0.2, 0.25) is 5.91 Å². The van der Waals surface area contributed by atoms with Crippen LogP contribution < -0.4 is 5.32 Å². The highest BCUT2D eigenvalue weighted by Gasteiger charge is 2.18. The van der Waals surface area contributed by atoms with Crippen LogP contribution in [0.3, 0.4) is 0 Å². The van der Waals surface area contributed by atoms with Gasteiger partial charge in [0.1, 0.15) is 0 Å². The molecular formula is C18H23N3O3. The molecule has 0 spiro atoms. The van der Waals surface area contributed by atoms with Gasteiger partial charge in [-0.05, 0) is 49.9 Å². The normalized spacial score (nSPS) is 11.9. The van der Waals surface area contributed by atoms with Gasteiger partial charge in [0.15, 0.2) is 0 Å². The molecule has 0 radical (unpaired) electrons. The van der Waals surface area contributed by atoms with Crippen molar-refractivity contribution in [2.24, 2.45) is 0 Å². The number of aromatic amines is 1. The first-order valence-electron chi connectivity index (χ1n) is 7.83. The molecule has 1 heterocycles. The molecule has 24 heavy (non-hydrogen) atoms. The van der Waals surface area contributed by atoms with E-state index in [1.807, 2.05) is 27.7 Å². The number of aryl methyl sites for hydroxylation is 3. The number of methoxy groups -OCH3 is 1. The van der Waals surface area contributed by atoms with E-state index in [2.05, 4.69) is 15.5 Å². The molecule has 128 valence electrons. The Bertz CT molecular complexity index is 745. The molecule has 0 fully saturated rings. The lowest BCUT2D eigenvalue weighted by Crippen LogP contribution is -2.15. The number of hydrogen-bond acceptors (Lipinski definition) is 4. The first kappa shape index (κ1) is 17.7. The number of H-pyrrole nitrogens is 1. The Morgan fingerprint density at radius 3 is 2.58 bits per heavy atom. The van der Waals surface area contributed by atoms with Crippen LogP contribution in [0.2, 0.25) is 0 Å². The summed E-state index contributed by atoms with van der Waals surface area (Å²) in [4.78, 5) is 24.1. The lowest BCUT2D eigenvalue weighted by Gasteiger charge is -2.13.